The number of hydrogen-bond donors (Lipinski definition) is 2. The number of para-hydroxylation sites is 1. The Kier molecular flexibility index (Phi) is 10.2. The summed E-state index contributed by atoms with van der Waals surface area (Å²) in [6.07, 6.45) is 0.872. The number of halogens is 1. The standard InChI is InChI=1S/C17H29N3O.HI/c1-6-18-16(20-17(3,4)5)19-13-12-14-10-8-9-11-15(14)21-7-2;/h8-11H,6-7,12-13H2,1-5H3,(H2,18,19,20);1H. The van der Waals surface area contributed by atoms with E-state index in [4.69, 9.17) is 4.74 Å². The molecule has 0 aromatic heterocycles. The Bertz CT molecular complexity index is 455. The molecule has 0 radical (unpaired) electrons. The smallest absolute Gasteiger partial charge is 0.191 e. The Hall–Kier alpha value is -0.980. The average Bonchev–Trinajstić information content (AvgIpc) is 2.39. The third-order valence-corrected chi connectivity index (χ3v) is 2.76. The molecule has 2 N–H and O–H groups in total. The summed E-state index contributed by atoms with van der Waals surface area (Å²) in [6, 6.07) is 8.16. The molecule has 5 heteroatoms. The molecule has 0 saturated carbocycles. The van der Waals surface area contributed by atoms with Gasteiger partial charge in [0.15, 0.2) is 5.96 Å². The van der Waals surface area contributed by atoms with Gasteiger partial charge in [0.25, 0.3) is 0 Å². The molecule has 0 spiro atoms. The molecule has 22 heavy (non-hydrogen) atoms. The maximum Gasteiger partial charge on any atom is 0.191 e. The number of benzene rings is 1. The number of guanidine groups is 1. The van der Waals surface area contributed by atoms with Crippen molar-refractivity contribution in [1.82, 2.24) is 10.6 Å². The zero-order chi connectivity index (χ0) is 15.7. The van der Waals surface area contributed by atoms with Crippen LogP contribution in [0, 0.1) is 0 Å². The molecule has 0 saturated heterocycles. The van der Waals surface area contributed by atoms with E-state index in [1.807, 2.05) is 25.1 Å². The third-order valence-electron chi connectivity index (χ3n) is 2.76. The van der Waals surface area contributed by atoms with E-state index in [9.17, 15) is 0 Å². The molecule has 0 atom stereocenters. The molecule has 1 rings (SSSR count). The molecule has 0 aliphatic rings. The zero-order valence-electron chi connectivity index (χ0n) is 14.4. The van der Waals surface area contributed by atoms with E-state index in [2.05, 4.69) is 49.4 Å². The number of nitrogens with one attached hydrogen (secondary N) is 2. The Labute approximate surface area is 152 Å². The highest BCUT2D eigenvalue weighted by Gasteiger charge is 2.11. The van der Waals surface area contributed by atoms with Gasteiger partial charge in [-0.1, -0.05) is 18.2 Å². The second-order valence-electron chi connectivity index (χ2n) is 5.93. The highest BCUT2D eigenvalue weighted by atomic mass is 127. The summed E-state index contributed by atoms with van der Waals surface area (Å²) in [5, 5.41) is 6.66. The van der Waals surface area contributed by atoms with Crippen LogP contribution in [-0.2, 0) is 6.42 Å². The van der Waals surface area contributed by atoms with Crippen molar-refractivity contribution < 1.29 is 4.74 Å². The maximum atomic E-state index is 5.64. The second-order valence-corrected chi connectivity index (χ2v) is 5.93. The van der Waals surface area contributed by atoms with Crippen molar-refractivity contribution in [3.63, 3.8) is 0 Å². The van der Waals surface area contributed by atoms with Crippen LogP contribution in [0.15, 0.2) is 29.3 Å². The molecule has 0 amide bonds. The number of ether oxygens (including phenoxy) is 1. The van der Waals surface area contributed by atoms with Crippen molar-refractivity contribution in [1.29, 1.82) is 0 Å². The van der Waals surface area contributed by atoms with Gasteiger partial charge in [-0.2, -0.15) is 0 Å². The van der Waals surface area contributed by atoms with E-state index in [0.717, 1.165) is 31.2 Å². The fraction of sp³-hybridized carbons (Fsp3) is 0.588. The lowest BCUT2D eigenvalue weighted by atomic mass is 10.1. The lowest BCUT2D eigenvalue weighted by Gasteiger charge is -2.23. The van der Waals surface area contributed by atoms with E-state index >= 15 is 0 Å². The van der Waals surface area contributed by atoms with Gasteiger partial charge in [0.1, 0.15) is 5.75 Å². The molecular formula is C17H30IN3O. The number of rotatable bonds is 6. The van der Waals surface area contributed by atoms with Gasteiger partial charge in [-0.25, -0.2) is 0 Å². The van der Waals surface area contributed by atoms with Gasteiger partial charge in [-0.15, -0.1) is 24.0 Å². The van der Waals surface area contributed by atoms with Crippen LogP contribution in [-0.4, -0.2) is 31.2 Å². The molecule has 0 fully saturated rings. The summed E-state index contributed by atoms with van der Waals surface area (Å²) in [4.78, 5) is 4.63. The minimum absolute atomic E-state index is 0. The molecule has 0 bridgehead atoms. The second kappa shape index (κ2) is 10.7. The fourth-order valence-electron chi connectivity index (χ4n) is 1.96. The summed E-state index contributed by atoms with van der Waals surface area (Å²) < 4.78 is 5.64. The summed E-state index contributed by atoms with van der Waals surface area (Å²) in [6.45, 7) is 12.7. The van der Waals surface area contributed by atoms with Gasteiger partial charge in [0.05, 0.1) is 6.61 Å². The monoisotopic (exact) mass is 419 g/mol. The van der Waals surface area contributed by atoms with Crippen LogP contribution in [0.3, 0.4) is 0 Å². The number of aliphatic imine (C=N–C) groups is 1. The van der Waals surface area contributed by atoms with Crippen LogP contribution < -0.4 is 15.4 Å². The van der Waals surface area contributed by atoms with Crippen molar-refractivity contribution in [3.05, 3.63) is 29.8 Å². The molecule has 126 valence electrons. The van der Waals surface area contributed by atoms with Gasteiger partial charge < -0.3 is 15.4 Å². The van der Waals surface area contributed by atoms with Crippen molar-refractivity contribution in [2.75, 3.05) is 19.7 Å². The van der Waals surface area contributed by atoms with Gasteiger partial charge in [-0.05, 0) is 52.7 Å². The maximum absolute atomic E-state index is 5.64. The van der Waals surface area contributed by atoms with Gasteiger partial charge in [0.2, 0.25) is 0 Å². The van der Waals surface area contributed by atoms with E-state index < -0.39 is 0 Å². The van der Waals surface area contributed by atoms with Crippen molar-refractivity contribution in [2.24, 2.45) is 4.99 Å². The minimum Gasteiger partial charge on any atom is -0.494 e. The number of nitrogens with zero attached hydrogens (tertiary/aromatic N) is 1. The van der Waals surface area contributed by atoms with Crippen LogP contribution >= 0.6 is 24.0 Å². The lowest BCUT2D eigenvalue weighted by molar-refractivity contribution is 0.336. The van der Waals surface area contributed by atoms with Crippen molar-refractivity contribution in [3.8, 4) is 5.75 Å². The molecule has 1 aromatic rings. The SMILES string of the molecule is CCNC(=NCCc1ccccc1OCC)NC(C)(C)C.I. The van der Waals surface area contributed by atoms with Crippen LogP contribution in [0.25, 0.3) is 0 Å². The van der Waals surface area contributed by atoms with Crippen LogP contribution in [0.4, 0.5) is 0 Å². The highest BCUT2D eigenvalue weighted by molar-refractivity contribution is 14.0. The molecule has 1 aromatic carbocycles. The van der Waals surface area contributed by atoms with Gasteiger partial charge in [-0.3, -0.25) is 4.99 Å². The summed E-state index contributed by atoms with van der Waals surface area (Å²) in [5.41, 5.74) is 1.21. The topological polar surface area (TPSA) is 45.7 Å². The molecule has 0 aliphatic carbocycles. The quantitative estimate of drug-likeness (QED) is 0.421. The molecule has 0 unspecified atom stereocenters. The van der Waals surface area contributed by atoms with Crippen LogP contribution in [0.2, 0.25) is 0 Å². The lowest BCUT2D eigenvalue weighted by Crippen LogP contribution is -2.47. The molecule has 4 nitrogen and oxygen atoms in total. The summed E-state index contributed by atoms with van der Waals surface area (Å²) in [7, 11) is 0. The Morgan fingerprint density at radius 1 is 1.18 bits per heavy atom. The molecule has 0 heterocycles. The van der Waals surface area contributed by atoms with Crippen LogP contribution in [0.5, 0.6) is 5.75 Å². The summed E-state index contributed by atoms with van der Waals surface area (Å²) >= 11 is 0. The van der Waals surface area contributed by atoms with E-state index in [1.165, 1.54) is 5.56 Å². The fourth-order valence-corrected chi connectivity index (χ4v) is 1.96. The first kappa shape index (κ1) is 21.0. The van der Waals surface area contributed by atoms with E-state index in [1.54, 1.807) is 0 Å². The average molecular weight is 419 g/mol. The van der Waals surface area contributed by atoms with Crippen molar-refractivity contribution in [2.45, 2.75) is 46.6 Å². The van der Waals surface area contributed by atoms with Crippen molar-refractivity contribution >= 4 is 29.9 Å². The Balaban J connectivity index is 0.00000441. The molecular weight excluding hydrogens is 389 g/mol. The van der Waals surface area contributed by atoms with E-state index in [0.29, 0.717) is 6.61 Å². The largest absolute Gasteiger partial charge is 0.494 e. The predicted molar refractivity (Wildman–Crippen MR) is 106 cm³/mol. The zero-order valence-corrected chi connectivity index (χ0v) is 16.7. The predicted octanol–water partition coefficient (Wildman–Crippen LogP) is 3.60. The van der Waals surface area contributed by atoms with Gasteiger partial charge >= 0.3 is 0 Å². The van der Waals surface area contributed by atoms with Gasteiger partial charge in [0, 0.05) is 18.6 Å². The Morgan fingerprint density at radius 3 is 2.45 bits per heavy atom. The molecule has 0 aliphatic heterocycles. The first-order valence-corrected chi connectivity index (χ1v) is 7.73. The Morgan fingerprint density at radius 2 is 1.86 bits per heavy atom. The first-order valence-electron chi connectivity index (χ1n) is 7.73. The third kappa shape index (κ3) is 8.46. The van der Waals surface area contributed by atoms with E-state index in [-0.39, 0.29) is 29.5 Å². The first-order chi connectivity index (χ1) is 9.96. The normalized spacial score (nSPS) is 11.6. The number of hydrogen-bond acceptors (Lipinski definition) is 2. The minimum atomic E-state index is 0. The van der Waals surface area contributed by atoms with Crippen LogP contribution in [0.1, 0.15) is 40.2 Å². The highest BCUT2D eigenvalue weighted by Crippen LogP contribution is 2.18. The summed E-state index contributed by atoms with van der Waals surface area (Å²) in [5.74, 6) is 1.82.